The van der Waals surface area contributed by atoms with Gasteiger partial charge in [0.25, 0.3) is 0 Å². The van der Waals surface area contributed by atoms with Crippen molar-refractivity contribution < 1.29 is 19.3 Å². The monoisotopic (exact) mass is 388 g/mol. The van der Waals surface area contributed by atoms with Gasteiger partial charge in [-0.2, -0.15) is 0 Å². The zero-order valence-corrected chi connectivity index (χ0v) is 17.1. The van der Waals surface area contributed by atoms with E-state index < -0.39 is 0 Å². The molecule has 1 aliphatic heterocycles. The number of hydrogen-bond acceptors (Lipinski definition) is 5. The Morgan fingerprint density at radius 2 is 1.82 bits per heavy atom. The van der Waals surface area contributed by atoms with Crippen molar-refractivity contribution >= 4 is 0 Å². The van der Waals surface area contributed by atoms with Crippen molar-refractivity contribution in [1.29, 1.82) is 0 Å². The van der Waals surface area contributed by atoms with Gasteiger partial charge in [-0.15, -0.1) is 5.10 Å². The van der Waals surface area contributed by atoms with E-state index in [1.807, 2.05) is 12.1 Å². The van der Waals surface area contributed by atoms with Crippen LogP contribution in [0.2, 0.25) is 0 Å². The number of aromatic nitrogens is 4. The van der Waals surface area contributed by atoms with Crippen LogP contribution in [-0.4, -0.2) is 67.7 Å². The average Bonchev–Trinajstić information content (AvgIpc) is 3.41. The summed E-state index contributed by atoms with van der Waals surface area (Å²) in [5, 5.41) is 13.1. The number of piperazine rings is 1. The Kier molecular flexibility index (Phi) is 5.77. The topological polar surface area (TPSA) is 70.9 Å². The lowest BCUT2D eigenvalue weighted by Crippen LogP contribution is -3.27. The third kappa shape index (κ3) is 3.71. The number of likely N-dealkylation sites (N-methyl/N-ethyl adjacent to an activating group) is 1. The minimum Gasteiger partial charge on any atom is -0.497 e. The van der Waals surface area contributed by atoms with Crippen molar-refractivity contribution in [3.63, 3.8) is 0 Å². The number of hydrogen-bond donors (Lipinski definition) is 2. The van der Waals surface area contributed by atoms with Crippen LogP contribution in [0.1, 0.15) is 49.2 Å². The Balaban J connectivity index is 1.79. The molecule has 8 heteroatoms. The minimum absolute atomic E-state index is 0.0359. The van der Waals surface area contributed by atoms with E-state index in [0.717, 1.165) is 61.9 Å². The Bertz CT molecular complexity index is 781. The van der Waals surface area contributed by atoms with Gasteiger partial charge in [0.15, 0.2) is 6.04 Å². The lowest BCUT2D eigenvalue weighted by atomic mass is 10.0. The minimum atomic E-state index is 0.0359. The molecule has 0 amide bonds. The third-order valence-electron chi connectivity index (χ3n) is 6.35. The molecule has 0 spiro atoms. The second-order valence-corrected chi connectivity index (χ2v) is 8.08. The zero-order chi connectivity index (χ0) is 19.5. The van der Waals surface area contributed by atoms with Gasteiger partial charge in [0, 0.05) is 0 Å². The molecule has 4 rings (SSSR count). The van der Waals surface area contributed by atoms with E-state index in [9.17, 15) is 0 Å². The van der Waals surface area contributed by atoms with E-state index in [2.05, 4.69) is 33.3 Å². The molecule has 1 aliphatic carbocycles. The molecule has 2 aromatic rings. The van der Waals surface area contributed by atoms with E-state index in [1.165, 1.54) is 17.7 Å². The molecule has 2 aliphatic rings. The number of rotatable bonds is 6. The highest BCUT2D eigenvalue weighted by Crippen LogP contribution is 2.34. The van der Waals surface area contributed by atoms with E-state index >= 15 is 0 Å². The molecule has 0 unspecified atom stereocenters. The number of ether oxygens (including phenoxy) is 2. The molecule has 1 aromatic carbocycles. The van der Waals surface area contributed by atoms with Crippen molar-refractivity contribution in [2.75, 3.05) is 47.4 Å². The van der Waals surface area contributed by atoms with Crippen LogP contribution >= 0.6 is 0 Å². The largest absolute Gasteiger partial charge is 0.497 e. The predicted octanol–water partition coefficient (Wildman–Crippen LogP) is -0.692. The van der Waals surface area contributed by atoms with E-state index in [0.29, 0.717) is 6.04 Å². The molecule has 152 valence electrons. The molecule has 0 radical (unpaired) electrons. The van der Waals surface area contributed by atoms with Crippen LogP contribution < -0.4 is 19.3 Å². The quantitative estimate of drug-likeness (QED) is 0.685. The number of nitrogens with one attached hydrogen (secondary N) is 2. The SMILES string of the molecule is COc1ccc(OC)c([C@H](c2nnnn2C2CCCC2)[NH+]2CC[NH+](C)CC2)c1. The molecule has 2 heterocycles. The van der Waals surface area contributed by atoms with Gasteiger partial charge < -0.3 is 19.3 Å². The molecular weight excluding hydrogens is 356 g/mol. The molecule has 8 nitrogen and oxygen atoms in total. The first-order chi connectivity index (χ1) is 13.7. The summed E-state index contributed by atoms with van der Waals surface area (Å²) in [5.41, 5.74) is 1.10. The lowest BCUT2D eigenvalue weighted by molar-refractivity contribution is -1.02. The van der Waals surface area contributed by atoms with Gasteiger partial charge >= 0.3 is 0 Å². The normalized spacial score (nSPS) is 24.2. The highest BCUT2D eigenvalue weighted by molar-refractivity contribution is 5.43. The van der Waals surface area contributed by atoms with Gasteiger partial charge in [0.1, 0.15) is 37.7 Å². The Morgan fingerprint density at radius 1 is 1.07 bits per heavy atom. The maximum Gasteiger partial charge on any atom is 0.214 e. The fraction of sp³-hybridized carbons (Fsp3) is 0.650. The van der Waals surface area contributed by atoms with Crippen molar-refractivity contribution in [3.05, 3.63) is 29.6 Å². The average molecular weight is 389 g/mol. The van der Waals surface area contributed by atoms with Crippen molar-refractivity contribution in [2.24, 2.45) is 0 Å². The summed E-state index contributed by atoms with van der Waals surface area (Å²) in [6.07, 6.45) is 4.81. The van der Waals surface area contributed by atoms with Crippen molar-refractivity contribution in [3.8, 4) is 11.5 Å². The van der Waals surface area contributed by atoms with Gasteiger partial charge in [-0.25, -0.2) is 4.68 Å². The summed E-state index contributed by atoms with van der Waals surface area (Å²) in [6.45, 7) is 4.44. The second-order valence-electron chi connectivity index (χ2n) is 8.08. The second kappa shape index (κ2) is 8.45. The van der Waals surface area contributed by atoms with Gasteiger partial charge in [0.05, 0.1) is 32.9 Å². The van der Waals surface area contributed by atoms with E-state index in [4.69, 9.17) is 9.47 Å². The van der Waals surface area contributed by atoms with E-state index in [-0.39, 0.29) is 6.04 Å². The molecule has 1 saturated heterocycles. The fourth-order valence-corrected chi connectivity index (χ4v) is 4.69. The smallest absolute Gasteiger partial charge is 0.214 e. The number of quaternary nitrogens is 2. The third-order valence-corrected chi connectivity index (χ3v) is 6.35. The molecule has 1 aromatic heterocycles. The summed E-state index contributed by atoms with van der Waals surface area (Å²) >= 11 is 0. The van der Waals surface area contributed by atoms with Crippen LogP contribution in [0.25, 0.3) is 0 Å². The Hall–Kier alpha value is -2.19. The highest BCUT2D eigenvalue weighted by Gasteiger charge is 2.38. The van der Waals surface area contributed by atoms with Crippen LogP contribution in [0.4, 0.5) is 0 Å². The molecule has 1 atom stereocenters. The molecule has 0 bridgehead atoms. The first-order valence-electron chi connectivity index (χ1n) is 10.4. The summed E-state index contributed by atoms with van der Waals surface area (Å²) < 4.78 is 13.4. The Labute approximate surface area is 166 Å². The Morgan fingerprint density at radius 3 is 2.50 bits per heavy atom. The van der Waals surface area contributed by atoms with Gasteiger partial charge in [-0.05, 0) is 41.5 Å². The van der Waals surface area contributed by atoms with Gasteiger partial charge in [0.2, 0.25) is 5.82 Å². The van der Waals surface area contributed by atoms with Crippen LogP contribution in [0.15, 0.2) is 18.2 Å². The van der Waals surface area contributed by atoms with Gasteiger partial charge in [-0.3, -0.25) is 0 Å². The first kappa shape index (κ1) is 19.1. The molecular formula is C20H32N6O2+2. The fourth-order valence-electron chi connectivity index (χ4n) is 4.69. The standard InChI is InChI=1S/C20H30N6O2/c1-24-10-12-25(13-11-24)19(17-14-16(27-2)8-9-18(17)28-3)20-21-22-23-26(20)15-6-4-5-7-15/h8-9,14-15,19H,4-7,10-13H2,1-3H3/p+2/t19-/m1/s1. The molecule has 28 heavy (non-hydrogen) atoms. The van der Waals surface area contributed by atoms with Crippen LogP contribution in [0.5, 0.6) is 11.5 Å². The lowest BCUT2D eigenvalue weighted by Gasteiger charge is -2.33. The van der Waals surface area contributed by atoms with Crippen LogP contribution in [0.3, 0.4) is 0 Å². The number of tetrazole rings is 1. The maximum absolute atomic E-state index is 5.75. The molecule has 2 N–H and O–H groups in total. The summed E-state index contributed by atoms with van der Waals surface area (Å²) in [5.74, 6) is 2.65. The van der Waals surface area contributed by atoms with Crippen molar-refractivity contribution in [1.82, 2.24) is 20.2 Å². The number of nitrogens with zero attached hydrogens (tertiary/aromatic N) is 4. The molecule has 1 saturated carbocycles. The van der Waals surface area contributed by atoms with Crippen LogP contribution in [-0.2, 0) is 0 Å². The first-order valence-corrected chi connectivity index (χ1v) is 10.4. The van der Waals surface area contributed by atoms with Crippen LogP contribution in [0, 0.1) is 0 Å². The van der Waals surface area contributed by atoms with Gasteiger partial charge in [-0.1, -0.05) is 12.8 Å². The van der Waals surface area contributed by atoms with E-state index in [1.54, 1.807) is 19.1 Å². The highest BCUT2D eigenvalue weighted by atomic mass is 16.5. The predicted molar refractivity (Wildman–Crippen MR) is 104 cm³/mol. The summed E-state index contributed by atoms with van der Waals surface area (Å²) in [7, 11) is 5.70. The number of benzene rings is 1. The zero-order valence-electron chi connectivity index (χ0n) is 17.1. The molecule has 2 fully saturated rings. The number of methoxy groups -OCH3 is 2. The summed E-state index contributed by atoms with van der Waals surface area (Å²) in [4.78, 5) is 3.07. The summed E-state index contributed by atoms with van der Waals surface area (Å²) in [6, 6.07) is 6.47. The maximum atomic E-state index is 5.75. The van der Waals surface area contributed by atoms with Crippen molar-refractivity contribution in [2.45, 2.75) is 37.8 Å².